The Bertz CT molecular complexity index is 696. The van der Waals surface area contributed by atoms with E-state index in [0.717, 1.165) is 23.5 Å². The van der Waals surface area contributed by atoms with Gasteiger partial charge >= 0.3 is 0 Å². The highest BCUT2D eigenvalue weighted by Crippen LogP contribution is 2.20. The Labute approximate surface area is 144 Å². The van der Waals surface area contributed by atoms with Crippen LogP contribution in [0.4, 0.5) is 0 Å². The van der Waals surface area contributed by atoms with Crippen LogP contribution in [0.3, 0.4) is 0 Å². The highest BCUT2D eigenvalue weighted by atomic mass is 16.3. The zero-order valence-electron chi connectivity index (χ0n) is 15.3. The Morgan fingerprint density at radius 2 is 1.83 bits per heavy atom. The molecule has 0 unspecified atom stereocenters. The smallest absolute Gasteiger partial charge is 0.255 e. The molecule has 4 heteroatoms. The Kier molecular flexibility index (Phi) is 5.50. The Morgan fingerprint density at radius 1 is 1.21 bits per heavy atom. The van der Waals surface area contributed by atoms with E-state index in [1.54, 1.807) is 18.7 Å². The second-order valence-electron chi connectivity index (χ2n) is 6.99. The zero-order chi connectivity index (χ0) is 17.9. The molecule has 1 heterocycles. The molecule has 24 heavy (non-hydrogen) atoms. The van der Waals surface area contributed by atoms with Crippen molar-refractivity contribution in [1.82, 2.24) is 9.47 Å². The van der Waals surface area contributed by atoms with Crippen molar-refractivity contribution in [2.75, 3.05) is 13.1 Å². The van der Waals surface area contributed by atoms with Crippen LogP contribution in [0.1, 0.15) is 48.1 Å². The SMILES string of the molecule is CCN(CC(C)(C)O)C(=O)c1cc(C)n(Cc2ccccc2)c1C. The lowest BCUT2D eigenvalue weighted by Crippen LogP contribution is -2.42. The number of nitrogens with zero attached hydrogens (tertiary/aromatic N) is 2. The summed E-state index contributed by atoms with van der Waals surface area (Å²) in [5.74, 6) is -0.0213. The molecule has 0 spiro atoms. The summed E-state index contributed by atoms with van der Waals surface area (Å²) in [7, 11) is 0. The molecule has 130 valence electrons. The molecule has 1 aromatic carbocycles. The molecule has 1 amide bonds. The van der Waals surface area contributed by atoms with E-state index in [-0.39, 0.29) is 5.91 Å². The number of aromatic nitrogens is 1. The fourth-order valence-electron chi connectivity index (χ4n) is 2.99. The molecule has 0 atom stereocenters. The van der Waals surface area contributed by atoms with Gasteiger partial charge in [0.05, 0.1) is 11.2 Å². The monoisotopic (exact) mass is 328 g/mol. The number of hydrogen-bond donors (Lipinski definition) is 1. The first-order valence-corrected chi connectivity index (χ1v) is 8.45. The van der Waals surface area contributed by atoms with E-state index in [4.69, 9.17) is 0 Å². The van der Waals surface area contributed by atoms with E-state index in [1.807, 2.05) is 45.0 Å². The van der Waals surface area contributed by atoms with Crippen LogP contribution in [0.2, 0.25) is 0 Å². The third-order valence-corrected chi connectivity index (χ3v) is 4.23. The molecule has 2 aromatic rings. The molecule has 0 radical (unpaired) electrons. The van der Waals surface area contributed by atoms with Gasteiger partial charge in [0.1, 0.15) is 0 Å². The summed E-state index contributed by atoms with van der Waals surface area (Å²) >= 11 is 0. The molecule has 4 nitrogen and oxygen atoms in total. The van der Waals surface area contributed by atoms with Crippen LogP contribution in [-0.4, -0.2) is 39.2 Å². The summed E-state index contributed by atoms with van der Waals surface area (Å²) in [6, 6.07) is 12.2. The van der Waals surface area contributed by atoms with Gasteiger partial charge in [-0.05, 0) is 46.2 Å². The molecule has 0 aliphatic carbocycles. The van der Waals surface area contributed by atoms with Crippen LogP contribution in [0.25, 0.3) is 0 Å². The maximum Gasteiger partial charge on any atom is 0.255 e. The highest BCUT2D eigenvalue weighted by Gasteiger charge is 2.25. The van der Waals surface area contributed by atoms with Crippen LogP contribution in [0, 0.1) is 13.8 Å². The molecule has 1 N–H and O–H groups in total. The van der Waals surface area contributed by atoms with Crippen LogP contribution in [0.15, 0.2) is 36.4 Å². The Morgan fingerprint density at radius 3 is 2.38 bits per heavy atom. The second-order valence-corrected chi connectivity index (χ2v) is 6.99. The topological polar surface area (TPSA) is 45.5 Å². The second kappa shape index (κ2) is 7.22. The summed E-state index contributed by atoms with van der Waals surface area (Å²) in [4.78, 5) is 14.6. The van der Waals surface area contributed by atoms with E-state index in [2.05, 4.69) is 16.7 Å². The number of benzene rings is 1. The van der Waals surface area contributed by atoms with E-state index < -0.39 is 5.60 Å². The number of hydrogen-bond acceptors (Lipinski definition) is 2. The van der Waals surface area contributed by atoms with Crippen molar-refractivity contribution in [2.45, 2.75) is 46.8 Å². The quantitative estimate of drug-likeness (QED) is 0.883. The number of carbonyl (C=O) groups excluding carboxylic acids is 1. The van der Waals surface area contributed by atoms with Crippen LogP contribution in [0.5, 0.6) is 0 Å². The molecule has 0 bridgehead atoms. The summed E-state index contributed by atoms with van der Waals surface area (Å²) in [5, 5.41) is 10.0. The lowest BCUT2D eigenvalue weighted by molar-refractivity contribution is 0.0314. The lowest BCUT2D eigenvalue weighted by atomic mass is 10.1. The van der Waals surface area contributed by atoms with Crippen molar-refractivity contribution in [3.05, 3.63) is 58.9 Å². The fourth-order valence-corrected chi connectivity index (χ4v) is 2.99. The van der Waals surface area contributed by atoms with Crippen molar-refractivity contribution >= 4 is 5.91 Å². The van der Waals surface area contributed by atoms with Gasteiger partial charge in [-0.25, -0.2) is 0 Å². The average molecular weight is 328 g/mol. The molecule has 0 aliphatic rings. The van der Waals surface area contributed by atoms with Gasteiger partial charge in [0.2, 0.25) is 0 Å². The highest BCUT2D eigenvalue weighted by molar-refractivity contribution is 5.95. The van der Waals surface area contributed by atoms with Gasteiger partial charge in [-0.1, -0.05) is 30.3 Å². The number of likely N-dealkylation sites (N-methyl/N-ethyl adjacent to an activating group) is 1. The van der Waals surface area contributed by atoms with Crippen LogP contribution >= 0.6 is 0 Å². The number of aliphatic hydroxyl groups is 1. The largest absolute Gasteiger partial charge is 0.389 e. The predicted molar refractivity (Wildman–Crippen MR) is 97.3 cm³/mol. The van der Waals surface area contributed by atoms with Crippen molar-refractivity contribution in [1.29, 1.82) is 0 Å². The maximum absolute atomic E-state index is 12.9. The minimum Gasteiger partial charge on any atom is -0.389 e. The molecule has 0 saturated heterocycles. The summed E-state index contributed by atoms with van der Waals surface area (Å²) < 4.78 is 2.17. The van der Waals surface area contributed by atoms with Gasteiger partial charge in [-0.2, -0.15) is 0 Å². The molecule has 1 aromatic heterocycles. The van der Waals surface area contributed by atoms with Gasteiger partial charge < -0.3 is 14.6 Å². The minimum absolute atomic E-state index is 0.0213. The first-order chi connectivity index (χ1) is 11.2. The summed E-state index contributed by atoms with van der Waals surface area (Å²) in [6.07, 6.45) is 0. The van der Waals surface area contributed by atoms with E-state index in [0.29, 0.717) is 13.1 Å². The molecule has 0 saturated carbocycles. The molecular weight excluding hydrogens is 300 g/mol. The number of carbonyl (C=O) groups is 1. The number of aryl methyl sites for hydroxylation is 1. The standard InChI is InChI=1S/C20H28N2O2/c1-6-21(14-20(4,5)24)19(23)18-12-15(2)22(16(18)3)13-17-10-8-7-9-11-17/h7-12,24H,6,13-14H2,1-5H3. The maximum atomic E-state index is 12.9. The first kappa shape index (κ1) is 18.3. The van der Waals surface area contributed by atoms with E-state index in [9.17, 15) is 9.90 Å². The van der Waals surface area contributed by atoms with Gasteiger partial charge in [-0.3, -0.25) is 4.79 Å². The third kappa shape index (κ3) is 4.26. The normalized spacial score (nSPS) is 11.6. The van der Waals surface area contributed by atoms with Crippen molar-refractivity contribution in [3.63, 3.8) is 0 Å². The minimum atomic E-state index is -0.902. The number of rotatable bonds is 6. The van der Waals surface area contributed by atoms with E-state index >= 15 is 0 Å². The predicted octanol–water partition coefficient (Wildman–Crippen LogP) is 3.39. The van der Waals surface area contributed by atoms with E-state index in [1.165, 1.54) is 5.56 Å². The molecule has 0 fully saturated rings. The van der Waals surface area contributed by atoms with Gasteiger partial charge in [-0.15, -0.1) is 0 Å². The molecular formula is C20H28N2O2. The van der Waals surface area contributed by atoms with Gasteiger partial charge in [0.15, 0.2) is 0 Å². The van der Waals surface area contributed by atoms with Gasteiger partial charge in [0, 0.05) is 31.0 Å². The molecule has 2 rings (SSSR count). The summed E-state index contributed by atoms with van der Waals surface area (Å²) in [6.45, 7) is 11.1. The van der Waals surface area contributed by atoms with Crippen molar-refractivity contribution in [2.24, 2.45) is 0 Å². The van der Waals surface area contributed by atoms with Crippen molar-refractivity contribution < 1.29 is 9.90 Å². The summed E-state index contributed by atoms with van der Waals surface area (Å²) in [5.41, 5.74) is 3.06. The average Bonchev–Trinajstić information content (AvgIpc) is 2.80. The third-order valence-electron chi connectivity index (χ3n) is 4.23. The van der Waals surface area contributed by atoms with Crippen molar-refractivity contribution in [3.8, 4) is 0 Å². The molecule has 0 aliphatic heterocycles. The zero-order valence-corrected chi connectivity index (χ0v) is 15.3. The fraction of sp³-hybridized carbons (Fsp3) is 0.450. The van der Waals surface area contributed by atoms with Crippen LogP contribution < -0.4 is 0 Å². The van der Waals surface area contributed by atoms with Gasteiger partial charge in [0.25, 0.3) is 5.91 Å². The Hall–Kier alpha value is -2.07. The number of amides is 1. The lowest BCUT2D eigenvalue weighted by Gasteiger charge is -2.28. The Balaban J connectivity index is 2.28. The van der Waals surface area contributed by atoms with Crippen LogP contribution in [-0.2, 0) is 6.54 Å². The first-order valence-electron chi connectivity index (χ1n) is 8.45.